The van der Waals surface area contributed by atoms with Gasteiger partial charge in [0.1, 0.15) is 6.61 Å². The van der Waals surface area contributed by atoms with Crippen molar-refractivity contribution in [2.45, 2.75) is 258 Å². The Bertz CT molecular complexity index is 1040. The molecule has 0 amide bonds. The molecular formula is C55H98O5. The predicted octanol–water partition coefficient (Wildman–Crippen LogP) is 17.3. The van der Waals surface area contributed by atoms with Gasteiger partial charge in [0, 0.05) is 19.4 Å². The molecule has 0 aliphatic heterocycles. The van der Waals surface area contributed by atoms with E-state index in [0.29, 0.717) is 19.4 Å². The average molecular weight is 839 g/mol. The maximum atomic E-state index is 12.8. The smallest absolute Gasteiger partial charge is 0.306 e. The lowest BCUT2D eigenvalue weighted by atomic mass is 10.0. The first-order valence-electron chi connectivity index (χ1n) is 25.8. The summed E-state index contributed by atoms with van der Waals surface area (Å²) in [5, 5.41) is 0. The Morgan fingerprint density at radius 3 is 1.27 bits per heavy atom. The Hall–Kier alpha value is -2.40. The quantitative estimate of drug-likeness (QED) is 0.0347. The topological polar surface area (TPSA) is 61.8 Å². The minimum absolute atomic E-state index is 0.0763. The number of esters is 2. The lowest BCUT2D eigenvalue weighted by Crippen LogP contribution is -2.30. The van der Waals surface area contributed by atoms with E-state index in [9.17, 15) is 9.59 Å². The fourth-order valence-corrected chi connectivity index (χ4v) is 7.21. The molecule has 0 saturated carbocycles. The molecule has 0 aromatic rings. The number of hydrogen-bond donors (Lipinski definition) is 0. The predicted molar refractivity (Wildman–Crippen MR) is 261 cm³/mol. The molecule has 348 valence electrons. The van der Waals surface area contributed by atoms with E-state index in [0.717, 1.165) is 77.0 Å². The molecule has 0 saturated heterocycles. The zero-order valence-electron chi connectivity index (χ0n) is 40.0. The molecule has 0 radical (unpaired) electrons. The average Bonchev–Trinajstić information content (AvgIpc) is 3.25. The van der Waals surface area contributed by atoms with Crippen LogP contribution in [0.3, 0.4) is 0 Å². The Kier molecular flexibility index (Phi) is 48.9. The summed E-state index contributed by atoms with van der Waals surface area (Å²) >= 11 is 0. The van der Waals surface area contributed by atoms with Crippen molar-refractivity contribution in [3.05, 3.63) is 60.8 Å². The van der Waals surface area contributed by atoms with E-state index in [-0.39, 0.29) is 25.2 Å². The van der Waals surface area contributed by atoms with Crippen LogP contribution in [0, 0.1) is 0 Å². The first-order chi connectivity index (χ1) is 29.6. The van der Waals surface area contributed by atoms with Crippen molar-refractivity contribution in [1.82, 2.24) is 0 Å². The Morgan fingerprint density at radius 1 is 0.383 bits per heavy atom. The van der Waals surface area contributed by atoms with E-state index >= 15 is 0 Å². The summed E-state index contributed by atoms with van der Waals surface area (Å²) in [5.74, 6) is -0.410. The summed E-state index contributed by atoms with van der Waals surface area (Å²) in [6.45, 7) is 7.65. The third-order valence-corrected chi connectivity index (χ3v) is 11.0. The number of unbranched alkanes of at least 4 members (excludes halogenated alkanes) is 26. The van der Waals surface area contributed by atoms with E-state index < -0.39 is 6.10 Å². The van der Waals surface area contributed by atoms with Gasteiger partial charge in [0.15, 0.2) is 6.10 Å². The molecule has 0 aliphatic carbocycles. The number of allylic oxidation sites excluding steroid dienone is 10. The summed E-state index contributed by atoms with van der Waals surface area (Å²) in [5.41, 5.74) is 0. The summed E-state index contributed by atoms with van der Waals surface area (Å²) in [7, 11) is 0. The first-order valence-corrected chi connectivity index (χ1v) is 25.8. The maximum Gasteiger partial charge on any atom is 0.306 e. The zero-order valence-corrected chi connectivity index (χ0v) is 40.0. The molecule has 0 rings (SSSR count). The van der Waals surface area contributed by atoms with Crippen LogP contribution in [0.2, 0.25) is 0 Å². The highest BCUT2D eigenvalue weighted by Gasteiger charge is 2.17. The van der Waals surface area contributed by atoms with Gasteiger partial charge in [0.05, 0.1) is 6.61 Å². The third-order valence-electron chi connectivity index (χ3n) is 11.0. The van der Waals surface area contributed by atoms with Crippen LogP contribution in [0.4, 0.5) is 0 Å². The molecule has 0 heterocycles. The number of hydrogen-bond acceptors (Lipinski definition) is 5. The molecule has 0 bridgehead atoms. The van der Waals surface area contributed by atoms with Crippen molar-refractivity contribution in [3.63, 3.8) is 0 Å². The Labute approximate surface area is 373 Å². The van der Waals surface area contributed by atoms with Crippen LogP contribution in [0.1, 0.15) is 252 Å². The number of rotatable bonds is 47. The first kappa shape index (κ1) is 57.6. The van der Waals surface area contributed by atoms with Crippen LogP contribution in [0.25, 0.3) is 0 Å². The molecule has 5 nitrogen and oxygen atoms in total. The molecule has 1 atom stereocenters. The highest BCUT2D eigenvalue weighted by Crippen LogP contribution is 2.15. The fraction of sp³-hybridized carbons (Fsp3) is 0.782. The van der Waals surface area contributed by atoms with Crippen molar-refractivity contribution in [1.29, 1.82) is 0 Å². The second-order valence-electron chi connectivity index (χ2n) is 17.0. The van der Waals surface area contributed by atoms with Crippen molar-refractivity contribution < 1.29 is 23.8 Å². The van der Waals surface area contributed by atoms with E-state index in [4.69, 9.17) is 14.2 Å². The SMILES string of the molecule is CC/C=C\C/C=C\C/C=C\CCCCCCCCCCOCC(COC(=O)CCCCCCC/C=C\C/C=C\CCC)OC(=O)CCCCCCCCCCCCCCC. The number of carbonyl (C=O) groups excluding carboxylic acids is 2. The van der Waals surface area contributed by atoms with Crippen molar-refractivity contribution in [3.8, 4) is 0 Å². The standard InChI is InChI=1S/C55H98O5/c1-4-7-10-13-16-19-22-25-26-27-28-29-32-35-38-41-44-47-50-58-51-53(60-55(57)49-46-43-40-37-34-31-24-21-18-15-12-9-6-3)52-59-54(56)48-45-42-39-36-33-30-23-20-17-14-11-8-5-2/h7,10-11,14,16,19-20,23,25-26,53H,4-6,8-9,12-13,15,17-18,21-22,24,27-52H2,1-3H3/b10-7-,14-11-,19-16-,23-20-,26-25-. The van der Waals surface area contributed by atoms with Crippen molar-refractivity contribution in [2.75, 3.05) is 19.8 Å². The van der Waals surface area contributed by atoms with Gasteiger partial charge in [-0.2, -0.15) is 0 Å². The maximum absolute atomic E-state index is 12.8. The molecule has 60 heavy (non-hydrogen) atoms. The number of carbonyl (C=O) groups is 2. The molecular weight excluding hydrogens is 741 g/mol. The molecule has 0 aliphatic rings. The molecule has 0 fully saturated rings. The monoisotopic (exact) mass is 839 g/mol. The van der Waals surface area contributed by atoms with Gasteiger partial charge in [0.25, 0.3) is 0 Å². The lowest BCUT2D eigenvalue weighted by molar-refractivity contribution is -0.163. The van der Waals surface area contributed by atoms with Gasteiger partial charge in [0.2, 0.25) is 0 Å². The second-order valence-corrected chi connectivity index (χ2v) is 17.0. The minimum Gasteiger partial charge on any atom is -0.462 e. The highest BCUT2D eigenvalue weighted by atomic mass is 16.6. The normalized spacial score (nSPS) is 12.7. The molecule has 1 unspecified atom stereocenters. The largest absolute Gasteiger partial charge is 0.462 e. The third kappa shape index (κ3) is 48.3. The summed E-state index contributed by atoms with van der Waals surface area (Å²) in [6.07, 6.45) is 63.7. The van der Waals surface area contributed by atoms with Gasteiger partial charge >= 0.3 is 11.9 Å². The van der Waals surface area contributed by atoms with Crippen molar-refractivity contribution in [2.24, 2.45) is 0 Å². The number of ether oxygens (including phenoxy) is 3. The van der Waals surface area contributed by atoms with Crippen molar-refractivity contribution >= 4 is 11.9 Å². The van der Waals surface area contributed by atoms with Crippen LogP contribution in [-0.4, -0.2) is 37.9 Å². The van der Waals surface area contributed by atoms with Gasteiger partial charge in [-0.3, -0.25) is 9.59 Å². The van der Waals surface area contributed by atoms with Crippen LogP contribution >= 0.6 is 0 Å². The Morgan fingerprint density at radius 2 is 0.783 bits per heavy atom. The minimum atomic E-state index is -0.544. The van der Waals surface area contributed by atoms with Gasteiger partial charge in [-0.05, 0) is 77.0 Å². The molecule has 0 N–H and O–H groups in total. The van der Waals surface area contributed by atoms with Crippen LogP contribution in [0.5, 0.6) is 0 Å². The van der Waals surface area contributed by atoms with Crippen LogP contribution in [-0.2, 0) is 23.8 Å². The van der Waals surface area contributed by atoms with E-state index in [1.54, 1.807) is 0 Å². The molecule has 5 heteroatoms. The zero-order chi connectivity index (χ0) is 43.5. The molecule has 0 aromatic carbocycles. The molecule has 0 spiro atoms. The van der Waals surface area contributed by atoms with E-state index in [1.165, 1.54) is 141 Å². The molecule has 0 aromatic heterocycles. The Balaban J connectivity index is 4.26. The lowest BCUT2D eigenvalue weighted by Gasteiger charge is -2.18. The van der Waals surface area contributed by atoms with Gasteiger partial charge < -0.3 is 14.2 Å². The fourth-order valence-electron chi connectivity index (χ4n) is 7.21. The summed E-state index contributed by atoms with van der Waals surface area (Å²) in [4.78, 5) is 25.4. The van der Waals surface area contributed by atoms with Crippen LogP contribution < -0.4 is 0 Å². The van der Waals surface area contributed by atoms with E-state index in [2.05, 4.69) is 81.5 Å². The van der Waals surface area contributed by atoms with Crippen LogP contribution in [0.15, 0.2) is 60.8 Å². The van der Waals surface area contributed by atoms with Gasteiger partial charge in [-0.1, -0.05) is 223 Å². The summed E-state index contributed by atoms with van der Waals surface area (Å²) < 4.78 is 17.4. The highest BCUT2D eigenvalue weighted by molar-refractivity contribution is 5.70. The van der Waals surface area contributed by atoms with E-state index in [1.807, 2.05) is 0 Å². The summed E-state index contributed by atoms with van der Waals surface area (Å²) in [6, 6.07) is 0. The van der Waals surface area contributed by atoms with Gasteiger partial charge in [-0.15, -0.1) is 0 Å². The second kappa shape index (κ2) is 51.0. The van der Waals surface area contributed by atoms with Gasteiger partial charge in [-0.25, -0.2) is 0 Å².